The molecule has 0 radical (unpaired) electrons. The van der Waals surface area contributed by atoms with Crippen molar-refractivity contribution in [1.82, 2.24) is 5.32 Å². The van der Waals surface area contributed by atoms with Crippen LogP contribution >= 0.6 is 0 Å². The van der Waals surface area contributed by atoms with Crippen molar-refractivity contribution >= 4 is 11.6 Å². The van der Waals surface area contributed by atoms with E-state index in [1.54, 1.807) is 19.1 Å². The number of benzene rings is 1. The normalized spacial score (nSPS) is 17.9. The summed E-state index contributed by atoms with van der Waals surface area (Å²) >= 11 is 0. The highest BCUT2D eigenvalue weighted by molar-refractivity contribution is 5.89. The Balaban J connectivity index is 2.08. The molecular formula is C12H15N3O3. The number of nitro benzene ring substituents is 1. The average Bonchev–Trinajstić information content (AvgIpc) is 3.09. The molecule has 0 heterocycles. The van der Waals surface area contributed by atoms with Crippen LogP contribution in [0.1, 0.15) is 31.4 Å². The molecule has 1 amide bonds. The van der Waals surface area contributed by atoms with Gasteiger partial charge in [0.1, 0.15) is 0 Å². The molecule has 1 aliphatic carbocycles. The lowest BCUT2D eigenvalue weighted by Crippen LogP contribution is -2.43. The molecule has 1 fully saturated rings. The number of hydrogen-bond acceptors (Lipinski definition) is 4. The Labute approximate surface area is 104 Å². The SMILES string of the molecule is CC(NC(=O)C1(N)CC1)c1cccc([N+](=O)[O-])c1. The lowest BCUT2D eigenvalue weighted by Gasteiger charge is -2.17. The van der Waals surface area contributed by atoms with Gasteiger partial charge in [0.25, 0.3) is 5.69 Å². The lowest BCUT2D eigenvalue weighted by molar-refractivity contribution is -0.384. The Bertz CT molecular complexity index is 497. The Kier molecular flexibility index (Phi) is 3.04. The van der Waals surface area contributed by atoms with Crippen LogP contribution in [0.2, 0.25) is 0 Å². The van der Waals surface area contributed by atoms with Gasteiger partial charge in [0, 0.05) is 12.1 Å². The van der Waals surface area contributed by atoms with Crippen LogP contribution in [0.4, 0.5) is 5.69 Å². The third-order valence-electron chi connectivity index (χ3n) is 3.17. The largest absolute Gasteiger partial charge is 0.348 e. The van der Waals surface area contributed by atoms with Crippen LogP contribution < -0.4 is 11.1 Å². The fourth-order valence-corrected chi connectivity index (χ4v) is 1.69. The van der Waals surface area contributed by atoms with E-state index < -0.39 is 10.5 Å². The first kappa shape index (κ1) is 12.5. The standard InChI is InChI=1S/C12H15N3O3/c1-8(14-11(16)12(13)5-6-12)9-3-2-4-10(7-9)15(17)18/h2-4,7-8H,5-6,13H2,1H3,(H,14,16). The lowest BCUT2D eigenvalue weighted by atomic mass is 10.1. The van der Waals surface area contributed by atoms with E-state index in [1.807, 2.05) is 0 Å². The molecule has 18 heavy (non-hydrogen) atoms. The number of hydrogen-bond donors (Lipinski definition) is 2. The van der Waals surface area contributed by atoms with Crippen LogP contribution in [-0.2, 0) is 4.79 Å². The van der Waals surface area contributed by atoms with Crippen molar-refractivity contribution in [3.05, 3.63) is 39.9 Å². The predicted octanol–water partition coefficient (Wildman–Crippen LogP) is 1.26. The minimum atomic E-state index is -0.727. The summed E-state index contributed by atoms with van der Waals surface area (Å²) in [5.74, 6) is -0.193. The second-order valence-corrected chi connectivity index (χ2v) is 4.70. The Hall–Kier alpha value is -1.95. The fourth-order valence-electron chi connectivity index (χ4n) is 1.69. The van der Waals surface area contributed by atoms with E-state index >= 15 is 0 Å². The van der Waals surface area contributed by atoms with Crippen LogP contribution in [0, 0.1) is 10.1 Å². The number of nitro groups is 1. The number of carbonyl (C=O) groups is 1. The first-order valence-electron chi connectivity index (χ1n) is 5.76. The molecule has 2 rings (SSSR count). The predicted molar refractivity (Wildman–Crippen MR) is 65.8 cm³/mol. The van der Waals surface area contributed by atoms with Gasteiger partial charge in [-0.1, -0.05) is 12.1 Å². The van der Waals surface area contributed by atoms with Crippen LogP contribution in [0.25, 0.3) is 0 Å². The molecule has 0 spiro atoms. The second-order valence-electron chi connectivity index (χ2n) is 4.70. The fraction of sp³-hybridized carbons (Fsp3) is 0.417. The van der Waals surface area contributed by atoms with Gasteiger partial charge in [-0.25, -0.2) is 0 Å². The number of nitrogens with one attached hydrogen (secondary N) is 1. The molecule has 1 unspecified atom stereocenters. The highest BCUT2D eigenvalue weighted by atomic mass is 16.6. The van der Waals surface area contributed by atoms with Gasteiger partial charge in [0.2, 0.25) is 5.91 Å². The van der Waals surface area contributed by atoms with Crippen molar-refractivity contribution < 1.29 is 9.72 Å². The van der Waals surface area contributed by atoms with Gasteiger partial charge in [-0.05, 0) is 25.3 Å². The van der Waals surface area contributed by atoms with E-state index in [9.17, 15) is 14.9 Å². The number of nitrogens with two attached hydrogens (primary N) is 1. The third kappa shape index (κ3) is 2.48. The van der Waals surface area contributed by atoms with E-state index in [-0.39, 0.29) is 17.6 Å². The molecule has 0 aromatic heterocycles. The number of amides is 1. The molecular weight excluding hydrogens is 234 g/mol. The van der Waals surface area contributed by atoms with Crippen LogP contribution in [0.5, 0.6) is 0 Å². The van der Waals surface area contributed by atoms with Gasteiger partial charge in [-0.15, -0.1) is 0 Å². The molecule has 0 aliphatic heterocycles. The molecule has 3 N–H and O–H groups in total. The number of carbonyl (C=O) groups excluding carboxylic acids is 1. The molecule has 6 heteroatoms. The monoisotopic (exact) mass is 249 g/mol. The number of non-ortho nitro benzene ring substituents is 1. The smallest absolute Gasteiger partial charge is 0.269 e. The molecule has 1 aromatic rings. The van der Waals surface area contributed by atoms with Crippen LogP contribution in [0.15, 0.2) is 24.3 Å². The maximum Gasteiger partial charge on any atom is 0.269 e. The van der Waals surface area contributed by atoms with Gasteiger partial charge in [-0.3, -0.25) is 14.9 Å². The molecule has 1 aliphatic rings. The maximum atomic E-state index is 11.8. The van der Waals surface area contributed by atoms with Crippen molar-refractivity contribution in [2.45, 2.75) is 31.3 Å². The van der Waals surface area contributed by atoms with Gasteiger partial charge in [-0.2, -0.15) is 0 Å². The van der Waals surface area contributed by atoms with Crippen molar-refractivity contribution in [3.63, 3.8) is 0 Å². The Morgan fingerprint density at radius 1 is 1.56 bits per heavy atom. The van der Waals surface area contributed by atoms with Crippen LogP contribution in [-0.4, -0.2) is 16.4 Å². The zero-order valence-electron chi connectivity index (χ0n) is 10.1. The molecule has 0 saturated heterocycles. The van der Waals surface area contributed by atoms with E-state index in [4.69, 9.17) is 5.73 Å². The highest BCUT2D eigenvalue weighted by Gasteiger charge is 2.46. The molecule has 6 nitrogen and oxygen atoms in total. The van der Waals surface area contributed by atoms with E-state index in [0.29, 0.717) is 18.4 Å². The Morgan fingerprint density at radius 3 is 2.78 bits per heavy atom. The van der Waals surface area contributed by atoms with Gasteiger partial charge >= 0.3 is 0 Å². The first-order chi connectivity index (χ1) is 8.42. The summed E-state index contributed by atoms with van der Waals surface area (Å²) in [5.41, 5.74) is 5.76. The summed E-state index contributed by atoms with van der Waals surface area (Å²) in [4.78, 5) is 22.0. The zero-order chi connectivity index (χ0) is 13.3. The summed E-state index contributed by atoms with van der Waals surface area (Å²) in [6.45, 7) is 1.78. The molecule has 1 atom stereocenters. The summed E-state index contributed by atoms with van der Waals surface area (Å²) in [6.07, 6.45) is 1.39. The molecule has 1 aromatic carbocycles. The van der Waals surface area contributed by atoms with E-state index in [0.717, 1.165) is 0 Å². The first-order valence-corrected chi connectivity index (χ1v) is 5.76. The van der Waals surface area contributed by atoms with Crippen molar-refractivity contribution in [3.8, 4) is 0 Å². The highest BCUT2D eigenvalue weighted by Crippen LogP contribution is 2.33. The summed E-state index contributed by atoms with van der Waals surface area (Å²) in [7, 11) is 0. The zero-order valence-corrected chi connectivity index (χ0v) is 10.1. The molecule has 1 saturated carbocycles. The third-order valence-corrected chi connectivity index (χ3v) is 3.17. The second kappa shape index (κ2) is 4.38. The summed E-state index contributed by atoms with van der Waals surface area (Å²) in [6, 6.07) is 5.93. The summed E-state index contributed by atoms with van der Waals surface area (Å²) < 4.78 is 0. The topological polar surface area (TPSA) is 98.3 Å². The van der Waals surface area contributed by atoms with E-state index in [1.165, 1.54) is 12.1 Å². The maximum absolute atomic E-state index is 11.8. The van der Waals surface area contributed by atoms with E-state index in [2.05, 4.69) is 5.32 Å². The summed E-state index contributed by atoms with van der Waals surface area (Å²) in [5, 5.41) is 13.4. The average molecular weight is 249 g/mol. The number of nitrogens with zero attached hydrogens (tertiary/aromatic N) is 1. The van der Waals surface area contributed by atoms with Crippen LogP contribution in [0.3, 0.4) is 0 Å². The molecule has 96 valence electrons. The minimum Gasteiger partial charge on any atom is -0.348 e. The Morgan fingerprint density at radius 2 is 2.22 bits per heavy atom. The minimum absolute atomic E-state index is 0.0162. The quantitative estimate of drug-likeness (QED) is 0.620. The van der Waals surface area contributed by atoms with Crippen molar-refractivity contribution in [2.75, 3.05) is 0 Å². The number of rotatable bonds is 4. The molecule has 0 bridgehead atoms. The van der Waals surface area contributed by atoms with Crippen molar-refractivity contribution in [1.29, 1.82) is 0 Å². The van der Waals surface area contributed by atoms with Gasteiger partial charge in [0.05, 0.1) is 16.5 Å². The van der Waals surface area contributed by atoms with Crippen molar-refractivity contribution in [2.24, 2.45) is 5.73 Å². The van der Waals surface area contributed by atoms with Gasteiger partial charge < -0.3 is 11.1 Å². The van der Waals surface area contributed by atoms with Gasteiger partial charge in [0.15, 0.2) is 0 Å².